The number of carbonyl (C=O) groups is 1. The number of amides is 1. The molecule has 0 atom stereocenters. The number of halogens is 1. The Balaban J connectivity index is 1.49. The number of rotatable bonds is 7. The number of carbonyl (C=O) groups excluding carboxylic acids is 1. The van der Waals surface area contributed by atoms with Crippen LogP contribution < -0.4 is 11.0 Å². The number of nitrogens with one attached hydrogen (secondary N) is 1. The molecule has 0 aliphatic rings. The van der Waals surface area contributed by atoms with E-state index in [2.05, 4.69) is 10.3 Å². The van der Waals surface area contributed by atoms with Gasteiger partial charge in [0.15, 0.2) is 5.65 Å². The quantitative estimate of drug-likeness (QED) is 0.483. The van der Waals surface area contributed by atoms with E-state index in [0.717, 1.165) is 16.6 Å². The summed E-state index contributed by atoms with van der Waals surface area (Å²) in [6, 6.07) is 19.1. The maximum absolute atomic E-state index is 13.1. The lowest BCUT2D eigenvalue weighted by molar-refractivity contribution is -0.120. The lowest BCUT2D eigenvalue weighted by Crippen LogP contribution is -2.32. The van der Waals surface area contributed by atoms with Gasteiger partial charge >= 0.3 is 5.69 Å². The first-order valence-electron chi connectivity index (χ1n) is 10.1. The largest absolute Gasteiger partial charge is 0.354 e. The fourth-order valence-electron chi connectivity index (χ4n) is 3.56. The van der Waals surface area contributed by atoms with Crippen LogP contribution in [0.4, 0.5) is 0 Å². The van der Waals surface area contributed by atoms with Gasteiger partial charge in [0.2, 0.25) is 5.91 Å². The fraction of sp³-hybridized carbons (Fsp3) is 0.208. The molecule has 0 unspecified atom stereocenters. The van der Waals surface area contributed by atoms with E-state index < -0.39 is 0 Å². The summed E-state index contributed by atoms with van der Waals surface area (Å²) in [5.41, 5.74) is 4.23. The molecule has 0 saturated heterocycles. The molecule has 2 heterocycles. The molecule has 0 radical (unpaired) electrons. The van der Waals surface area contributed by atoms with Crippen molar-refractivity contribution in [2.24, 2.45) is 0 Å². The molecule has 6 nitrogen and oxygen atoms in total. The van der Waals surface area contributed by atoms with Crippen LogP contribution in [0.2, 0.25) is 5.02 Å². The van der Waals surface area contributed by atoms with Crippen LogP contribution in [0.1, 0.15) is 16.7 Å². The van der Waals surface area contributed by atoms with Crippen molar-refractivity contribution in [2.45, 2.75) is 26.4 Å². The fourth-order valence-corrected chi connectivity index (χ4v) is 3.76. The second-order valence-corrected chi connectivity index (χ2v) is 7.88. The van der Waals surface area contributed by atoms with Crippen LogP contribution >= 0.6 is 11.6 Å². The van der Waals surface area contributed by atoms with E-state index in [-0.39, 0.29) is 18.0 Å². The van der Waals surface area contributed by atoms with Gasteiger partial charge in [-0.1, -0.05) is 59.6 Å². The number of aryl methyl sites for hydroxylation is 1. The second kappa shape index (κ2) is 9.18. The first-order chi connectivity index (χ1) is 15.0. The molecular formula is C24H23ClN4O2. The van der Waals surface area contributed by atoms with Crippen molar-refractivity contribution < 1.29 is 4.79 Å². The molecule has 1 N–H and O–H groups in total. The van der Waals surface area contributed by atoms with Crippen LogP contribution in [0, 0.1) is 6.92 Å². The molecule has 2 aromatic carbocycles. The van der Waals surface area contributed by atoms with Crippen molar-refractivity contribution >= 4 is 28.7 Å². The van der Waals surface area contributed by atoms with E-state index in [4.69, 9.17) is 11.6 Å². The third-order valence-corrected chi connectivity index (χ3v) is 5.57. The minimum Gasteiger partial charge on any atom is -0.354 e. The summed E-state index contributed by atoms with van der Waals surface area (Å²) in [7, 11) is 0. The summed E-state index contributed by atoms with van der Waals surface area (Å²) in [5, 5.41) is 3.44. The average molecular weight is 435 g/mol. The summed E-state index contributed by atoms with van der Waals surface area (Å²) < 4.78 is 3.33. The molecular weight excluding hydrogens is 412 g/mol. The Morgan fingerprint density at radius 2 is 1.81 bits per heavy atom. The Hall–Kier alpha value is -3.38. The highest BCUT2D eigenvalue weighted by atomic mass is 35.5. The van der Waals surface area contributed by atoms with Crippen LogP contribution in [0.5, 0.6) is 0 Å². The Labute approximate surface area is 185 Å². The van der Waals surface area contributed by atoms with E-state index in [9.17, 15) is 9.59 Å². The molecule has 7 heteroatoms. The monoisotopic (exact) mass is 434 g/mol. The van der Waals surface area contributed by atoms with E-state index in [0.29, 0.717) is 30.3 Å². The Morgan fingerprint density at radius 1 is 1.03 bits per heavy atom. The van der Waals surface area contributed by atoms with Gasteiger partial charge in [-0.2, -0.15) is 0 Å². The van der Waals surface area contributed by atoms with Gasteiger partial charge in [0, 0.05) is 24.3 Å². The summed E-state index contributed by atoms with van der Waals surface area (Å²) in [4.78, 5) is 29.8. The number of fused-ring (bicyclic) bond motifs is 1. The lowest BCUT2D eigenvalue weighted by Gasteiger charge is -2.07. The predicted octanol–water partition coefficient (Wildman–Crippen LogP) is 3.57. The number of hydrogen-bond donors (Lipinski definition) is 1. The Morgan fingerprint density at radius 3 is 2.58 bits per heavy atom. The molecule has 0 spiro atoms. The Bertz CT molecular complexity index is 1270. The highest BCUT2D eigenvalue weighted by molar-refractivity contribution is 6.31. The third kappa shape index (κ3) is 4.70. The van der Waals surface area contributed by atoms with Gasteiger partial charge < -0.3 is 5.32 Å². The van der Waals surface area contributed by atoms with Crippen LogP contribution in [0.15, 0.2) is 71.7 Å². The van der Waals surface area contributed by atoms with Gasteiger partial charge in [-0.05, 0) is 36.2 Å². The number of pyridine rings is 1. The number of hydrogen-bond acceptors (Lipinski definition) is 3. The van der Waals surface area contributed by atoms with E-state index >= 15 is 0 Å². The third-order valence-electron chi connectivity index (χ3n) is 5.20. The molecule has 4 aromatic rings. The maximum atomic E-state index is 13.1. The molecule has 158 valence electrons. The highest BCUT2D eigenvalue weighted by Crippen LogP contribution is 2.15. The van der Waals surface area contributed by atoms with E-state index in [1.165, 1.54) is 5.56 Å². The summed E-state index contributed by atoms with van der Waals surface area (Å²) >= 11 is 6.13. The van der Waals surface area contributed by atoms with Gasteiger partial charge in [-0.3, -0.25) is 13.9 Å². The number of benzene rings is 2. The molecule has 0 bridgehead atoms. The van der Waals surface area contributed by atoms with Gasteiger partial charge in [0.25, 0.3) is 0 Å². The first-order valence-corrected chi connectivity index (χ1v) is 10.5. The first kappa shape index (κ1) is 20.9. The van der Waals surface area contributed by atoms with Crippen molar-refractivity contribution in [3.05, 3.63) is 99.1 Å². The van der Waals surface area contributed by atoms with Gasteiger partial charge in [-0.25, -0.2) is 9.78 Å². The Kier molecular flexibility index (Phi) is 6.18. The highest BCUT2D eigenvalue weighted by Gasteiger charge is 2.14. The number of imidazole rings is 1. The summed E-state index contributed by atoms with van der Waals surface area (Å²) in [6.07, 6.45) is 1.87. The zero-order valence-electron chi connectivity index (χ0n) is 17.2. The predicted molar refractivity (Wildman–Crippen MR) is 122 cm³/mol. The van der Waals surface area contributed by atoms with Crippen molar-refractivity contribution in [3.63, 3.8) is 0 Å². The molecule has 0 fully saturated rings. The molecule has 0 aliphatic carbocycles. The van der Waals surface area contributed by atoms with Crippen LogP contribution in [0.3, 0.4) is 0 Å². The molecule has 1 amide bonds. The van der Waals surface area contributed by atoms with Gasteiger partial charge in [0.1, 0.15) is 0 Å². The van der Waals surface area contributed by atoms with Crippen molar-refractivity contribution in [1.29, 1.82) is 0 Å². The summed E-state index contributed by atoms with van der Waals surface area (Å²) in [5.74, 6) is -0.141. The van der Waals surface area contributed by atoms with E-state index in [1.807, 2.05) is 61.5 Å². The van der Waals surface area contributed by atoms with Gasteiger partial charge in [-0.15, -0.1) is 0 Å². The second-order valence-electron chi connectivity index (χ2n) is 7.47. The minimum atomic E-state index is -0.144. The zero-order chi connectivity index (χ0) is 21.8. The topological polar surface area (TPSA) is 68.9 Å². The van der Waals surface area contributed by atoms with Crippen LogP contribution in [-0.4, -0.2) is 26.6 Å². The van der Waals surface area contributed by atoms with E-state index in [1.54, 1.807) is 21.4 Å². The van der Waals surface area contributed by atoms with Crippen LogP contribution in [0.25, 0.3) is 11.2 Å². The van der Waals surface area contributed by atoms with Crippen molar-refractivity contribution in [3.8, 4) is 0 Å². The molecule has 0 saturated carbocycles. The van der Waals surface area contributed by atoms with Crippen molar-refractivity contribution in [1.82, 2.24) is 19.4 Å². The maximum Gasteiger partial charge on any atom is 0.330 e. The van der Waals surface area contributed by atoms with Gasteiger partial charge in [0.05, 0.1) is 18.5 Å². The average Bonchev–Trinajstić information content (AvgIpc) is 3.03. The number of aromatic nitrogens is 3. The number of nitrogens with zero attached hydrogens (tertiary/aromatic N) is 3. The normalized spacial score (nSPS) is 11.0. The molecule has 2 aromatic heterocycles. The smallest absolute Gasteiger partial charge is 0.330 e. The van der Waals surface area contributed by atoms with Crippen molar-refractivity contribution in [2.75, 3.05) is 6.54 Å². The SMILES string of the molecule is Cc1ccc(Cn2c(=O)n(CCNC(=O)Cc3ccccc3Cl)c3ncccc32)cc1. The molecule has 31 heavy (non-hydrogen) atoms. The standard InChI is InChI=1S/C24H23ClN4O2/c1-17-8-10-18(11-9-17)16-29-21-7-4-12-27-23(21)28(24(29)31)14-13-26-22(30)15-19-5-2-3-6-20(19)25/h2-12H,13-16H2,1H3,(H,26,30). The zero-order valence-corrected chi connectivity index (χ0v) is 18.0. The van der Waals surface area contributed by atoms with Crippen LogP contribution in [-0.2, 0) is 24.3 Å². The minimum absolute atomic E-state index is 0.141. The molecule has 4 rings (SSSR count). The lowest BCUT2D eigenvalue weighted by atomic mass is 10.1. The molecule has 0 aliphatic heterocycles. The summed E-state index contributed by atoms with van der Waals surface area (Å²) in [6.45, 7) is 3.16.